The van der Waals surface area contributed by atoms with Gasteiger partial charge in [0, 0.05) is 71.0 Å². The zero-order valence-electron chi connectivity index (χ0n) is 28.2. The van der Waals surface area contributed by atoms with Crippen molar-refractivity contribution in [1.29, 1.82) is 0 Å². The fourth-order valence-corrected chi connectivity index (χ4v) is 7.21. The summed E-state index contributed by atoms with van der Waals surface area (Å²) in [6.07, 6.45) is 9.45. The van der Waals surface area contributed by atoms with E-state index in [9.17, 15) is 9.59 Å². The monoisotopic (exact) mass is 633 g/mol. The summed E-state index contributed by atoms with van der Waals surface area (Å²) in [4.78, 5) is 42.7. The number of carbonyl (C=O) groups is 2. The number of piperazine rings is 1. The van der Waals surface area contributed by atoms with Gasteiger partial charge in [0.1, 0.15) is 17.5 Å². The molecule has 2 N–H and O–H groups in total. The Hall–Kier alpha value is -3.48. The molecule has 1 unspecified atom stereocenters. The van der Waals surface area contributed by atoms with Crippen LogP contribution in [-0.2, 0) is 4.79 Å². The van der Waals surface area contributed by atoms with Crippen molar-refractivity contribution in [2.45, 2.75) is 76.9 Å². The molecule has 1 saturated heterocycles. The number of amides is 2. The van der Waals surface area contributed by atoms with Crippen LogP contribution in [0.5, 0.6) is 5.75 Å². The quantitative estimate of drug-likeness (QED) is 0.380. The second-order valence-electron chi connectivity index (χ2n) is 13.3. The van der Waals surface area contributed by atoms with Gasteiger partial charge in [-0.1, -0.05) is 13.8 Å². The highest BCUT2D eigenvalue weighted by Crippen LogP contribution is 2.37. The molecule has 2 aliphatic heterocycles. The highest BCUT2D eigenvalue weighted by Gasteiger charge is 2.39. The molecule has 4 aliphatic rings. The lowest BCUT2D eigenvalue weighted by Crippen LogP contribution is -2.58. The molecular weight excluding hydrogens is 582 g/mol. The predicted molar refractivity (Wildman–Crippen MR) is 181 cm³/mol. The molecule has 1 atom stereocenters. The number of anilines is 4. The molecule has 3 fully saturated rings. The number of rotatable bonds is 11. The van der Waals surface area contributed by atoms with Gasteiger partial charge in [-0.05, 0) is 69.1 Å². The number of hydrogen-bond donors (Lipinski definition) is 2. The Balaban J connectivity index is 1.06. The van der Waals surface area contributed by atoms with Crippen LogP contribution in [0.4, 0.5) is 23.1 Å². The molecule has 1 aromatic carbocycles. The SMILES string of the molecule is CCC1C(=O)N(C)c2cnc(Nc3ccc(C(=O)N[C@H]4CC[C@H](N5CCN(CC6CC6)CC5)CC4)cc3OC)nc2N1N(C)CC. The largest absolute Gasteiger partial charge is 0.495 e. The molecule has 2 aromatic rings. The van der Waals surface area contributed by atoms with E-state index in [2.05, 4.69) is 25.4 Å². The van der Waals surface area contributed by atoms with E-state index in [1.165, 1.54) is 45.6 Å². The van der Waals surface area contributed by atoms with Crippen LogP contribution in [0.2, 0.25) is 0 Å². The van der Waals surface area contributed by atoms with Gasteiger partial charge in [-0.25, -0.2) is 9.99 Å². The molecule has 1 aromatic heterocycles. The Morgan fingerprint density at radius 2 is 1.80 bits per heavy atom. The van der Waals surface area contributed by atoms with Crippen molar-refractivity contribution in [2.24, 2.45) is 5.92 Å². The Labute approximate surface area is 273 Å². The Kier molecular flexibility index (Phi) is 9.95. The first kappa shape index (κ1) is 32.5. The topological polar surface area (TPSA) is 109 Å². The summed E-state index contributed by atoms with van der Waals surface area (Å²) >= 11 is 0. The molecule has 6 rings (SSSR count). The van der Waals surface area contributed by atoms with E-state index in [0.717, 1.165) is 38.1 Å². The number of likely N-dealkylation sites (N-methyl/N-ethyl adjacent to an activating group) is 1. The summed E-state index contributed by atoms with van der Waals surface area (Å²) < 4.78 is 5.69. The van der Waals surface area contributed by atoms with Gasteiger partial charge in [0.15, 0.2) is 5.82 Å². The van der Waals surface area contributed by atoms with Crippen LogP contribution in [-0.4, -0.2) is 115 Å². The number of methoxy groups -OCH3 is 1. The third-order valence-corrected chi connectivity index (χ3v) is 10.3. The molecule has 2 amide bonds. The highest BCUT2D eigenvalue weighted by atomic mass is 16.5. The first-order chi connectivity index (χ1) is 22.3. The van der Waals surface area contributed by atoms with E-state index in [1.807, 2.05) is 43.0 Å². The van der Waals surface area contributed by atoms with Crippen LogP contribution in [0.25, 0.3) is 0 Å². The molecule has 2 aliphatic carbocycles. The van der Waals surface area contributed by atoms with Gasteiger partial charge >= 0.3 is 0 Å². The number of hydrazine groups is 1. The zero-order valence-corrected chi connectivity index (χ0v) is 28.2. The number of benzene rings is 1. The summed E-state index contributed by atoms with van der Waals surface area (Å²) in [5.74, 6) is 2.47. The minimum Gasteiger partial charge on any atom is -0.495 e. The number of ether oxygens (including phenoxy) is 1. The van der Waals surface area contributed by atoms with E-state index in [1.54, 1.807) is 31.3 Å². The van der Waals surface area contributed by atoms with Crippen LogP contribution in [0.3, 0.4) is 0 Å². The maximum absolute atomic E-state index is 13.3. The molecule has 250 valence electrons. The van der Waals surface area contributed by atoms with Gasteiger partial charge in [-0.15, -0.1) is 0 Å². The van der Waals surface area contributed by atoms with Crippen LogP contribution >= 0.6 is 0 Å². The molecule has 3 heterocycles. The molecule has 0 bridgehead atoms. The lowest BCUT2D eigenvalue weighted by atomic mass is 9.89. The third kappa shape index (κ3) is 6.94. The number of nitrogens with zero attached hydrogens (tertiary/aromatic N) is 7. The number of aromatic nitrogens is 2. The average molecular weight is 634 g/mol. The van der Waals surface area contributed by atoms with Crippen molar-refractivity contribution in [1.82, 2.24) is 30.1 Å². The molecule has 2 saturated carbocycles. The van der Waals surface area contributed by atoms with Crippen molar-refractivity contribution in [2.75, 3.05) is 75.7 Å². The predicted octanol–water partition coefficient (Wildman–Crippen LogP) is 3.73. The van der Waals surface area contributed by atoms with E-state index >= 15 is 0 Å². The fraction of sp³-hybridized carbons (Fsp3) is 0.647. The van der Waals surface area contributed by atoms with Crippen LogP contribution in [0.15, 0.2) is 24.4 Å². The van der Waals surface area contributed by atoms with Gasteiger partial charge in [0.05, 0.1) is 19.0 Å². The van der Waals surface area contributed by atoms with Gasteiger partial charge < -0.3 is 25.2 Å². The summed E-state index contributed by atoms with van der Waals surface area (Å²) in [6, 6.07) is 5.88. The summed E-state index contributed by atoms with van der Waals surface area (Å²) in [5.41, 5.74) is 1.86. The van der Waals surface area contributed by atoms with Crippen molar-refractivity contribution in [3.8, 4) is 5.75 Å². The van der Waals surface area contributed by atoms with Gasteiger partial charge in [0.25, 0.3) is 11.8 Å². The first-order valence-electron chi connectivity index (χ1n) is 17.2. The van der Waals surface area contributed by atoms with Gasteiger partial charge in [-0.2, -0.15) is 4.98 Å². The standard InChI is InChI=1S/C34H51N9O3/c1-6-28-33(45)40(4)29-21-35-34(38-31(29)43(28)39(3)7-2)37-27-15-10-24(20-30(27)46-5)32(44)36-25-11-13-26(14-12-25)42-18-16-41(17-19-42)22-23-8-9-23/h10,15,20-21,23,25-26,28H,6-9,11-14,16-19,22H2,1-5H3,(H,36,44)(H,35,37,38)/t25-,26-,28?. The normalized spacial score (nSPS) is 24.2. The summed E-state index contributed by atoms with van der Waals surface area (Å²) in [7, 11) is 5.31. The molecule has 12 heteroatoms. The molecular formula is C34H51N9O3. The van der Waals surface area contributed by atoms with Crippen LogP contribution < -0.4 is 25.3 Å². The number of fused-ring (bicyclic) bond motifs is 1. The number of carbonyl (C=O) groups excluding carboxylic acids is 2. The highest BCUT2D eigenvalue weighted by molar-refractivity contribution is 6.04. The molecule has 0 radical (unpaired) electrons. The molecule has 46 heavy (non-hydrogen) atoms. The van der Waals surface area contributed by atoms with E-state index in [-0.39, 0.29) is 23.9 Å². The fourth-order valence-electron chi connectivity index (χ4n) is 7.21. The van der Waals surface area contributed by atoms with Crippen molar-refractivity contribution in [3.05, 3.63) is 30.0 Å². The maximum Gasteiger partial charge on any atom is 0.251 e. The number of hydrogen-bond acceptors (Lipinski definition) is 10. The maximum atomic E-state index is 13.3. The lowest BCUT2D eigenvalue weighted by Gasteiger charge is -2.44. The lowest BCUT2D eigenvalue weighted by molar-refractivity contribution is -0.120. The summed E-state index contributed by atoms with van der Waals surface area (Å²) in [6.45, 7) is 10.8. The minimum absolute atomic E-state index is 0.0145. The van der Waals surface area contributed by atoms with E-state index < -0.39 is 0 Å². The second-order valence-corrected chi connectivity index (χ2v) is 13.3. The first-order valence-corrected chi connectivity index (χ1v) is 17.2. The molecule has 12 nitrogen and oxygen atoms in total. The van der Waals surface area contributed by atoms with Crippen molar-refractivity contribution >= 4 is 35.0 Å². The average Bonchev–Trinajstić information content (AvgIpc) is 3.90. The second kappa shape index (κ2) is 14.1. The Bertz CT molecular complexity index is 1390. The van der Waals surface area contributed by atoms with E-state index in [0.29, 0.717) is 46.9 Å². The van der Waals surface area contributed by atoms with Gasteiger partial charge in [0.2, 0.25) is 5.95 Å². The Morgan fingerprint density at radius 1 is 1.07 bits per heavy atom. The van der Waals surface area contributed by atoms with Crippen molar-refractivity contribution in [3.63, 3.8) is 0 Å². The zero-order chi connectivity index (χ0) is 32.4. The summed E-state index contributed by atoms with van der Waals surface area (Å²) in [5, 5.41) is 10.5. The van der Waals surface area contributed by atoms with E-state index in [4.69, 9.17) is 9.72 Å². The minimum atomic E-state index is -0.347. The molecule has 0 spiro atoms. The Morgan fingerprint density at radius 3 is 2.46 bits per heavy atom. The van der Waals surface area contributed by atoms with Gasteiger partial charge in [-0.3, -0.25) is 19.5 Å². The van der Waals surface area contributed by atoms with Crippen molar-refractivity contribution < 1.29 is 14.3 Å². The number of nitrogens with one attached hydrogen (secondary N) is 2. The third-order valence-electron chi connectivity index (χ3n) is 10.3. The smallest absolute Gasteiger partial charge is 0.251 e. The van der Waals surface area contributed by atoms with Crippen LogP contribution in [0, 0.1) is 5.92 Å². The van der Waals surface area contributed by atoms with Crippen LogP contribution in [0.1, 0.15) is 69.2 Å².